The number of hydrogen-bond acceptors (Lipinski definition) is 4. The van der Waals surface area contributed by atoms with E-state index in [-0.39, 0.29) is 27.6 Å². The first-order valence-corrected chi connectivity index (χ1v) is 11.6. The topological polar surface area (TPSA) is 63.4 Å². The van der Waals surface area contributed by atoms with Crippen molar-refractivity contribution in [2.45, 2.75) is 19.3 Å². The van der Waals surface area contributed by atoms with Crippen molar-refractivity contribution < 1.29 is 13.6 Å². The Morgan fingerprint density at radius 2 is 1.81 bits per heavy atom. The zero-order valence-electron chi connectivity index (χ0n) is 19.0. The molecule has 2 aromatic heterocycles. The summed E-state index contributed by atoms with van der Waals surface area (Å²) in [5.41, 5.74) is 3.33. The molecule has 1 unspecified atom stereocenters. The third kappa shape index (κ3) is 3.53. The molecule has 36 heavy (non-hydrogen) atoms. The van der Waals surface area contributed by atoms with Crippen LogP contribution in [0.1, 0.15) is 28.2 Å². The number of nitrogens with zero attached hydrogens (tertiary/aromatic N) is 5. The Hall–Kier alpha value is -4.17. The van der Waals surface area contributed by atoms with Gasteiger partial charge in [-0.25, -0.2) is 18.4 Å². The van der Waals surface area contributed by atoms with E-state index in [1.54, 1.807) is 29.9 Å². The number of halogens is 3. The van der Waals surface area contributed by atoms with Crippen LogP contribution in [0.5, 0.6) is 0 Å². The van der Waals surface area contributed by atoms with E-state index < -0.39 is 23.5 Å². The Bertz CT molecular complexity index is 1580. The first-order chi connectivity index (χ1) is 17.4. The third-order valence-corrected chi connectivity index (χ3v) is 6.88. The second-order valence-electron chi connectivity index (χ2n) is 8.64. The van der Waals surface area contributed by atoms with Crippen molar-refractivity contribution in [1.82, 2.24) is 14.8 Å². The minimum atomic E-state index is -0.631. The van der Waals surface area contributed by atoms with Gasteiger partial charge in [-0.15, -0.1) is 0 Å². The quantitative estimate of drug-likeness (QED) is 0.346. The number of allylic oxidation sites excluding steroid dienone is 1. The number of hydrazone groups is 1. The molecule has 3 heterocycles. The lowest BCUT2D eigenvalue weighted by molar-refractivity contribution is -0.114. The lowest BCUT2D eigenvalue weighted by atomic mass is 9.79. The highest BCUT2D eigenvalue weighted by molar-refractivity contribution is 6.37. The minimum absolute atomic E-state index is 0.0133. The van der Waals surface area contributed by atoms with Gasteiger partial charge in [0.1, 0.15) is 22.5 Å². The summed E-state index contributed by atoms with van der Waals surface area (Å²) in [6.45, 7) is 1.72. The van der Waals surface area contributed by atoms with Gasteiger partial charge in [0.15, 0.2) is 0 Å². The van der Waals surface area contributed by atoms with Gasteiger partial charge in [-0.3, -0.25) is 4.79 Å². The van der Waals surface area contributed by atoms with Gasteiger partial charge < -0.3 is 0 Å². The first kappa shape index (κ1) is 22.3. The predicted octanol–water partition coefficient (Wildman–Crippen LogP) is 5.52. The van der Waals surface area contributed by atoms with Gasteiger partial charge in [0.05, 0.1) is 16.9 Å². The van der Waals surface area contributed by atoms with E-state index in [4.69, 9.17) is 11.6 Å². The van der Waals surface area contributed by atoms with Gasteiger partial charge in [-0.1, -0.05) is 29.8 Å². The number of fused-ring (bicyclic) bond motifs is 3. The fourth-order valence-electron chi connectivity index (χ4n) is 4.72. The molecule has 1 aliphatic heterocycles. The van der Waals surface area contributed by atoms with Crippen molar-refractivity contribution in [2.24, 2.45) is 5.10 Å². The molecule has 6 nitrogen and oxygen atoms in total. The largest absolute Gasteiger partial charge is 0.280 e. The fourth-order valence-corrected chi connectivity index (χ4v) is 4.87. The molecule has 1 aliphatic carbocycles. The lowest BCUT2D eigenvalue weighted by Gasteiger charge is -2.24. The molecule has 0 spiro atoms. The van der Waals surface area contributed by atoms with Crippen LogP contribution in [0.25, 0.3) is 5.69 Å². The Labute approximate surface area is 210 Å². The van der Waals surface area contributed by atoms with E-state index >= 15 is 8.78 Å². The maximum atomic E-state index is 15.2. The SMILES string of the molecule is Cc1c(N2N=C3C(=CC(Cc4ccc(-n5cccn5)cc4)c4c(F)ccc(F)c43)C2=O)ccnc1Cl. The number of amides is 1. The number of benzene rings is 2. The summed E-state index contributed by atoms with van der Waals surface area (Å²) in [4.78, 5) is 17.5. The molecule has 2 aromatic carbocycles. The average Bonchev–Trinajstić information content (AvgIpc) is 3.52. The van der Waals surface area contributed by atoms with Crippen molar-refractivity contribution in [3.63, 3.8) is 0 Å². The van der Waals surface area contributed by atoms with Gasteiger partial charge in [0.25, 0.3) is 5.91 Å². The Kier molecular flexibility index (Phi) is 5.26. The minimum Gasteiger partial charge on any atom is -0.267 e. The maximum Gasteiger partial charge on any atom is 0.280 e. The van der Waals surface area contributed by atoms with Crippen molar-refractivity contribution in [2.75, 3.05) is 5.01 Å². The van der Waals surface area contributed by atoms with Crippen LogP contribution in [0.4, 0.5) is 14.5 Å². The van der Waals surface area contributed by atoms with Crippen LogP contribution in [0.15, 0.2) is 83.9 Å². The molecule has 6 rings (SSSR count). The molecule has 178 valence electrons. The van der Waals surface area contributed by atoms with Crippen LogP contribution in [0, 0.1) is 18.6 Å². The number of aromatic nitrogens is 3. The molecule has 0 N–H and O–H groups in total. The molecule has 0 bridgehead atoms. The number of hydrogen-bond donors (Lipinski definition) is 0. The molecule has 2 aliphatic rings. The summed E-state index contributed by atoms with van der Waals surface area (Å²) >= 11 is 6.15. The Morgan fingerprint density at radius 1 is 1.03 bits per heavy atom. The zero-order valence-corrected chi connectivity index (χ0v) is 19.7. The molecule has 0 saturated heterocycles. The Balaban J connectivity index is 1.42. The predicted molar refractivity (Wildman–Crippen MR) is 132 cm³/mol. The van der Waals surface area contributed by atoms with E-state index in [0.717, 1.165) is 23.4 Å². The van der Waals surface area contributed by atoms with E-state index in [1.165, 1.54) is 11.2 Å². The third-order valence-electron chi connectivity index (χ3n) is 6.50. The van der Waals surface area contributed by atoms with Gasteiger partial charge in [-0.2, -0.15) is 15.2 Å². The second kappa shape index (κ2) is 8.49. The number of rotatable bonds is 4. The molecule has 0 radical (unpaired) electrons. The normalized spacial score (nSPS) is 16.5. The van der Waals surface area contributed by atoms with E-state index in [1.807, 2.05) is 36.5 Å². The molecule has 1 amide bonds. The maximum absolute atomic E-state index is 15.2. The summed E-state index contributed by atoms with van der Waals surface area (Å²) in [6.07, 6.45) is 7.06. The lowest BCUT2D eigenvalue weighted by Crippen LogP contribution is -2.25. The van der Waals surface area contributed by atoms with Crippen molar-refractivity contribution in [1.29, 1.82) is 0 Å². The fraction of sp³-hybridized carbons (Fsp3) is 0.111. The van der Waals surface area contributed by atoms with Crippen LogP contribution in [-0.2, 0) is 11.2 Å². The molecule has 0 fully saturated rings. The van der Waals surface area contributed by atoms with Crippen LogP contribution >= 0.6 is 11.6 Å². The summed E-state index contributed by atoms with van der Waals surface area (Å²) in [5, 5.41) is 10.1. The number of carbonyl (C=O) groups excluding carboxylic acids is 1. The monoisotopic (exact) mass is 501 g/mol. The van der Waals surface area contributed by atoms with Gasteiger partial charge in [0.2, 0.25) is 0 Å². The highest BCUT2D eigenvalue weighted by atomic mass is 35.5. The number of anilines is 1. The molecule has 9 heteroatoms. The van der Waals surface area contributed by atoms with E-state index in [9.17, 15) is 4.79 Å². The van der Waals surface area contributed by atoms with Crippen LogP contribution in [0.2, 0.25) is 5.15 Å². The smallest absolute Gasteiger partial charge is 0.267 e. The second-order valence-corrected chi connectivity index (χ2v) is 9.00. The van der Waals surface area contributed by atoms with Crippen LogP contribution in [0.3, 0.4) is 0 Å². The average molecular weight is 502 g/mol. The first-order valence-electron chi connectivity index (χ1n) is 11.3. The van der Waals surface area contributed by atoms with E-state index in [2.05, 4.69) is 15.2 Å². The summed E-state index contributed by atoms with van der Waals surface area (Å²) in [5.74, 6) is -2.17. The number of pyridine rings is 1. The molecule has 1 atom stereocenters. The van der Waals surface area contributed by atoms with Crippen LogP contribution < -0.4 is 5.01 Å². The van der Waals surface area contributed by atoms with Crippen molar-refractivity contribution in [3.05, 3.63) is 118 Å². The molecular formula is C27H18ClF2N5O. The van der Waals surface area contributed by atoms with Gasteiger partial charge >= 0.3 is 0 Å². The van der Waals surface area contributed by atoms with Crippen molar-refractivity contribution >= 4 is 28.9 Å². The highest BCUT2D eigenvalue weighted by Gasteiger charge is 2.40. The molecule has 4 aromatic rings. The van der Waals surface area contributed by atoms with Gasteiger partial charge in [0, 0.05) is 41.2 Å². The van der Waals surface area contributed by atoms with Crippen molar-refractivity contribution in [3.8, 4) is 5.69 Å². The summed E-state index contributed by atoms with van der Waals surface area (Å²) in [6, 6.07) is 13.3. The standard InChI is InChI=1S/C27H18ClF2N5O/c1-15-22(9-11-31-26(15)28)35-27(36)19-14-17(23-20(29)7-8-21(30)24(23)25(19)33-35)13-16-3-5-18(6-4-16)34-12-2-10-32-34/h2-12,14,17H,13H2,1H3. The van der Waals surface area contributed by atoms with Crippen LogP contribution in [-0.4, -0.2) is 26.4 Å². The van der Waals surface area contributed by atoms with Gasteiger partial charge in [-0.05, 0) is 55.3 Å². The summed E-state index contributed by atoms with van der Waals surface area (Å²) in [7, 11) is 0. The summed E-state index contributed by atoms with van der Waals surface area (Å²) < 4.78 is 32.1. The van der Waals surface area contributed by atoms with E-state index in [0.29, 0.717) is 17.7 Å². The zero-order chi connectivity index (χ0) is 25.0. The highest BCUT2D eigenvalue weighted by Crippen LogP contribution is 2.40. The Morgan fingerprint density at radius 3 is 2.56 bits per heavy atom. The molecular weight excluding hydrogens is 484 g/mol. The number of carbonyl (C=O) groups is 1. The molecule has 0 saturated carbocycles.